The standard InChI is InChI=1S/C15H22N2O4/c1-19-12-5-3-4-10(14(12)20-2)9-17-15(18)13-7-6-11(8-16)21-13/h3-5,11,13H,6-9,16H2,1-2H3,(H,17,18)/t11-,13+/m1/s1. The van der Waals surface area contributed by atoms with E-state index in [-0.39, 0.29) is 12.0 Å². The zero-order valence-corrected chi connectivity index (χ0v) is 12.4. The normalized spacial score (nSPS) is 21.1. The lowest BCUT2D eigenvalue weighted by atomic mass is 10.1. The summed E-state index contributed by atoms with van der Waals surface area (Å²) in [5.41, 5.74) is 6.40. The first kappa shape index (κ1) is 15.6. The summed E-state index contributed by atoms with van der Waals surface area (Å²) in [5, 5.41) is 2.87. The summed E-state index contributed by atoms with van der Waals surface area (Å²) in [6, 6.07) is 5.56. The van der Waals surface area contributed by atoms with Crippen LogP contribution in [0.25, 0.3) is 0 Å². The van der Waals surface area contributed by atoms with Crippen molar-refractivity contribution in [2.45, 2.75) is 31.6 Å². The van der Waals surface area contributed by atoms with E-state index in [0.29, 0.717) is 31.0 Å². The van der Waals surface area contributed by atoms with Gasteiger partial charge < -0.3 is 25.3 Å². The maximum absolute atomic E-state index is 12.1. The second-order valence-electron chi connectivity index (χ2n) is 4.93. The lowest BCUT2D eigenvalue weighted by Gasteiger charge is -2.15. The summed E-state index contributed by atoms with van der Waals surface area (Å²) >= 11 is 0. The number of para-hydroxylation sites is 1. The summed E-state index contributed by atoms with van der Waals surface area (Å²) in [6.07, 6.45) is 1.13. The van der Waals surface area contributed by atoms with Crippen LogP contribution in [0, 0.1) is 0 Å². The van der Waals surface area contributed by atoms with Gasteiger partial charge in [-0.2, -0.15) is 0 Å². The SMILES string of the molecule is COc1cccc(CNC(=O)[C@@H]2CC[C@H](CN)O2)c1OC. The fourth-order valence-corrected chi connectivity index (χ4v) is 2.46. The van der Waals surface area contributed by atoms with E-state index in [0.717, 1.165) is 12.0 Å². The first-order valence-corrected chi connectivity index (χ1v) is 7.02. The summed E-state index contributed by atoms with van der Waals surface area (Å²) in [7, 11) is 3.16. The number of rotatable bonds is 6. The van der Waals surface area contributed by atoms with Crippen LogP contribution < -0.4 is 20.5 Å². The van der Waals surface area contributed by atoms with Crippen molar-refractivity contribution >= 4 is 5.91 Å². The van der Waals surface area contributed by atoms with Gasteiger partial charge in [0.15, 0.2) is 11.5 Å². The quantitative estimate of drug-likeness (QED) is 0.812. The maximum Gasteiger partial charge on any atom is 0.249 e. The maximum atomic E-state index is 12.1. The molecule has 0 aliphatic carbocycles. The summed E-state index contributed by atoms with van der Waals surface area (Å²) in [5.74, 6) is 1.16. The molecule has 116 valence electrons. The molecule has 0 spiro atoms. The highest BCUT2D eigenvalue weighted by Crippen LogP contribution is 2.30. The van der Waals surface area contributed by atoms with Gasteiger partial charge in [-0.15, -0.1) is 0 Å². The highest BCUT2D eigenvalue weighted by Gasteiger charge is 2.29. The monoisotopic (exact) mass is 294 g/mol. The van der Waals surface area contributed by atoms with Crippen LogP contribution >= 0.6 is 0 Å². The van der Waals surface area contributed by atoms with Crippen LogP contribution in [-0.4, -0.2) is 38.9 Å². The highest BCUT2D eigenvalue weighted by atomic mass is 16.5. The Morgan fingerprint density at radius 3 is 2.81 bits per heavy atom. The molecule has 2 rings (SSSR count). The molecule has 1 fully saturated rings. The van der Waals surface area contributed by atoms with E-state index in [9.17, 15) is 4.79 Å². The molecule has 1 aliphatic heterocycles. The Morgan fingerprint density at radius 2 is 2.19 bits per heavy atom. The van der Waals surface area contributed by atoms with Gasteiger partial charge >= 0.3 is 0 Å². The first-order chi connectivity index (χ1) is 10.2. The molecule has 1 aliphatic rings. The predicted octanol–water partition coefficient (Wildman–Crippen LogP) is 0.826. The van der Waals surface area contributed by atoms with Crippen molar-refractivity contribution in [2.24, 2.45) is 5.73 Å². The smallest absolute Gasteiger partial charge is 0.249 e. The van der Waals surface area contributed by atoms with E-state index in [2.05, 4.69) is 5.32 Å². The molecule has 1 amide bonds. The number of ether oxygens (including phenoxy) is 3. The fourth-order valence-electron chi connectivity index (χ4n) is 2.46. The first-order valence-electron chi connectivity index (χ1n) is 7.02. The molecule has 0 radical (unpaired) electrons. The van der Waals surface area contributed by atoms with Crippen molar-refractivity contribution in [1.29, 1.82) is 0 Å². The van der Waals surface area contributed by atoms with Crippen molar-refractivity contribution in [3.05, 3.63) is 23.8 Å². The van der Waals surface area contributed by atoms with Crippen molar-refractivity contribution in [3.63, 3.8) is 0 Å². The largest absolute Gasteiger partial charge is 0.493 e. The van der Waals surface area contributed by atoms with Gasteiger partial charge in [-0.25, -0.2) is 0 Å². The number of nitrogens with one attached hydrogen (secondary N) is 1. The van der Waals surface area contributed by atoms with Gasteiger partial charge in [0.25, 0.3) is 0 Å². The van der Waals surface area contributed by atoms with Crippen LogP contribution in [0.5, 0.6) is 11.5 Å². The molecule has 0 saturated carbocycles. The predicted molar refractivity (Wildman–Crippen MR) is 78.3 cm³/mol. The number of carbonyl (C=O) groups is 1. The van der Waals surface area contributed by atoms with Crippen molar-refractivity contribution in [1.82, 2.24) is 5.32 Å². The van der Waals surface area contributed by atoms with E-state index in [4.69, 9.17) is 19.9 Å². The summed E-state index contributed by atoms with van der Waals surface area (Å²) in [4.78, 5) is 12.1. The number of hydrogen-bond acceptors (Lipinski definition) is 5. The van der Waals surface area contributed by atoms with E-state index >= 15 is 0 Å². The number of nitrogens with two attached hydrogens (primary N) is 1. The third-order valence-electron chi connectivity index (χ3n) is 3.60. The fraction of sp³-hybridized carbons (Fsp3) is 0.533. The van der Waals surface area contributed by atoms with E-state index in [1.807, 2.05) is 18.2 Å². The molecular formula is C15H22N2O4. The molecule has 1 aromatic rings. The zero-order chi connectivity index (χ0) is 15.2. The van der Waals surface area contributed by atoms with Crippen LogP contribution in [0.1, 0.15) is 18.4 Å². The van der Waals surface area contributed by atoms with Crippen LogP contribution in [0.4, 0.5) is 0 Å². The lowest BCUT2D eigenvalue weighted by Crippen LogP contribution is -2.35. The molecule has 21 heavy (non-hydrogen) atoms. The van der Waals surface area contributed by atoms with Gasteiger partial charge in [-0.1, -0.05) is 12.1 Å². The van der Waals surface area contributed by atoms with Gasteiger partial charge in [0, 0.05) is 18.7 Å². The Kier molecular flexibility index (Phi) is 5.41. The van der Waals surface area contributed by atoms with Gasteiger partial charge in [-0.3, -0.25) is 4.79 Å². The average Bonchev–Trinajstić information content (AvgIpc) is 3.01. The molecular weight excluding hydrogens is 272 g/mol. The van der Waals surface area contributed by atoms with Gasteiger partial charge in [0.05, 0.1) is 20.3 Å². The molecule has 0 unspecified atom stereocenters. The average molecular weight is 294 g/mol. The van der Waals surface area contributed by atoms with Gasteiger partial charge in [0.1, 0.15) is 6.10 Å². The topological polar surface area (TPSA) is 82.8 Å². The Balaban J connectivity index is 1.95. The van der Waals surface area contributed by atoms with Crippen LogP contribution in [-0.2, 0) is 16.1 Å². The molecule has 3 N–H and O–H groups in total. The number of carbonyl (C=O) groups excluding carboxylic acids is 1. The number of methoxy groups -OCH3 is 2. The molecule has 1 aromatic carbocycles. The molecule has 6 heteroatoms. The third-order valence-corrected chi connectivity index (χ3v) is 3.60. The van der Waals surface area contributed by atoms with E-state index in [1.54, 1.807) is 14.2 Å². The molecule has 6 nitrogen and oxygen atoms in total. The molecule has 0 bridgehead atoms. The van der Waals surface area contributed by atoms with Crippen LogP contribution in [0.15, 0.2) is 18.2 Å². The summed E-state index contributed by atoms with van der Waals surface area (Å²) in [6.45, 7) is 0.819. The van der Waals surface area contributed by atoms with Crippen molar-refractivity contribution in [3.8, 4) is 11.5 Å². The molecule has 2 atom stereocenters. The third kappa shape index (κ3) is 3.65. The van der Waals surface area contributed by atoms with Gasteiger partial charge in [0.2, 0.25) is 5.91 Å². The number of amides is 1. The minimum Gasteiger partial charge on any atom is -0.493 e. The number of hydrogen-bond donors (Lipinski definition) is 2. The lowest BCUT2D eigenvalue weighted by molar-refractivity contribution is -0.132. The Hall–Kier alpha value is -1.79. The summed E-state index contributed by atoms with van der Waals surface area (Å²) < 4.78 is 16.1. The number of benzene rings is 1. The minimum absolute atomic E-state index is 0.00731. The van der Waals surface area contributed by atoms with E-state index < -0.39 is 6.10 Å². The molecule has 1 heterocycles. The second-order valence-corrected chi connectivity index (χ2v) is 4.93. The molecule has 0 aromatic heterocycles. The van der Waals surface area contributed by atoms with Gasteiger partial charge in [-0.05, 0) is 18.9 Å². The Morgan fingerprint density at radius 1 is 1.38 bits per heavy atom. The van der Waals surface area contributed by atoms with Crippen LogP contribution in [0.2, 0.25) is 0 Å². The van der Waals surface area contributed by atoms with Crippen molar-refractivity contribution in [2.75, 3.05) is 20.8 Å². The minimum atomic E-state index is -0.407. The van der Waals surface area contributed by atoms with Crippen molar-refractivity contribution < 1.29 is 19.0 Å². The molecule has 1 saturated heterocycles. The zero-order valence-electron chi connectivity index (χ0n) is 12.4. The van der Waals surface area contributed by atoms with E-state index in [1.165, 1.54) is 0 Å². The highest BCUT2D eigenvalue weighted by molar-refractivity contribution is 5.81. The second kappa shape index (κ2) is 7.28. The Bertz CT molecular complexity index is 493. The van der Waals surface area contributed by atoms with Crippen LogP contribution in [0.3, 0.4) is 0 Å². The Labute approximate surface area is 124 Å².